The lowest BCUT2D eigenvalue weighted by molar-refractivity contribution is 0.102. The lowest BCUT2D eigenvalue weighted by Gasteiger charge is -2.12. The van der Waals surface area contributed by atoms with Crippen molar-refractivity contribution in [3.63, 3.8) is 0 Å². The Morgan fingerprint density at radius 2 is 1.71 bits per heavy atom. The number of carbonyl (C=O) groups excluding carboxylic acids is 1. The molecule has 0 atom stereocenters. The third-order valence-electron chi connectivity index (χ3n) is 4.67. The Balaban J connectivity index is 1.75. The second-order valence-electron chi connectivity index (χ2n) is 7.12. The van der Waals surface area contributed by atoms with Gasteiger partial charge in [-0.15, -0.1) is 0 Å². The van der Waals surface area contributed by atoms with E-state index in [0.717, 1.165) is 17.8 Å². The second-order valence-corrected chi connectivity index (χ2v) is 7.12. The first-order valence-corrected chi connectivity index (χ1v) is 9.12. The van der Waals surface area contributed by atoms with E-state index in [1.807, 2.05) is 56.6 Å². The molecular formula is C23H21N3O2. The summed E-state index contributed by atoms with van der Waals surface area (Å²) < 4.78 is 0. The minimum absolute atomic E-state index is 0.0769. The predicted octanol–water partition coefficient (Wildman–Crippen LogP) is 4.00. The highest BCUT2D eigenvalue weighted by Crippen LogP contribution is 2.20. The standard InChI is InChI=1S/C23H21N3O2/c1-26(2)14-15-7-5-8-16(13-15)24-23(28)19-11-6-10-18-21(19)25-20-12-4-3-9-17(20)22(18)27/h3-13H,14H2,1-2H3,(H,24,28)(H,25,27). The summed E-state index contributed by atoms with van der Waals surface area (Å²) in [6.45, 7) is 0.789. The van der Waals surface area contributed by atoms with Crippen molar-refractivity contribution in [2.75, 3.05) is 19.4 Å². The van der Waals surface area contributed by atoms with Crippen molar-refractivity contribution in [1.29, 1.82) is 0 Å². The maximum absolute atomic E-state index is 13.0. The number of carbonyl (C=O) groups is 1. The molecule has 0 radical (unpaired) electrons. The molecule has 0 aliphatic heterocycles. The molecule has 1 aromatic heterocycles. The predicted molar refractivity (Wildman–Crippen MR) is 114 cm³/mol. The molecule has 0 aliphatic carbocycles. The molecule has 1 amide bonds. The molecule has 0 saturated carbocycles. The number of para-hydroxylation sites is 2. The first-order chi connectivity index (χ1) is 13.5. The van der Waals surface area contributed by atoms with Gasteiger partial charge in [0, 0.05) is 28.5 Å². The number of nitrogens with zero attached hydrogens (tertiary/aromatic N) is 1. The molecule has 1 heterocycles. The first-order valence-electron chi connectivity index (χ1n) is 9.12. The molecule has 0 unspecified atom stereocenters. The molecule has 0 saturated heterocycles. The monoisotopic (exact) mass is 371 g/mol. The van der Waals surface area contributed by atoms with Crippen LogP contribution in [-0.4, -0.2) is 29.9 Å². The minimum atomic E-state index is -0.251. The summed E-state index contributed by atoms with van der Waals surface area (Å²) in [6, 6.07) is 20.3. The van der Waals surface area contributed by atoms with E-state index in [0.29, 0.717) is 27.4 Å². The molecule has 4 rings (SSSR count). The van der Waals surface area contributed by atoms with E-state index >= 15 is 0 Å². The number of amides is 1. The molecule has 5 nitrogen and oxygen atoms in total. The fourth-order valence-electron chi connectivity index (χ4n) is 3.45. The van der Waals surface area contributed by atoms with Gasteiger partial charge in [0.05, 0.1) is 11.1 Å². The molecule has 28 heavy (non-hydrogen) atoms. The zero-order chi connectivity index (χ0) is 19.7. The molecule has 4 aromatic rings. The Kier molecular flexibility index (Phi) is 4.67. The van der Waals surface area contributed by atoms with Gasteiger partial charge in [-0.3, -0.25) is 9.59 Å². The number of benzene rings is 3. The molecule has 0 aliphatic rings. The Morgan fingerprint density at radius 3 is 2.54 bits per heavy atom. The van der Waals surface area contributed by atoms with Crippen molar-refractivity contribution in [3.8, 4) is 0 Å². The Morgan fingerprint density at radius 1 is 0.964 bits per heavy atom. The van der Waals surface area contributed by atoms with Crippen molar-refractivity contribution < 1.29 is 4.79 Å². The molecule has 0 spiro atoms. The van der Waals surface area contributed by atoms with Gasteiger partial charge in [0.2, 0.25) is 0 Å². The summed E-state index contributed by atoms with van der Waals surface area (Å²) in [5, 5.41) is 4.07. The van der Waals surface area contributed by atoms with Gasteiger partial charge >= 0.3 is 0 Å². The topological polar surface area (TPSA) is 65.2 Å². The average Bonchev–Trinajstić information content (AvgIpc) is 2.67. The van der Waals surface area contributed by atoms with E-state index in [4.69, 9.17) is 0 Å². The van der Waals surface area contributed by atoms with Crippen molar-refractivity contribution >= 4 is 33.4 Å². The lowest BCUT2D eigenvalue weighted by atomic mass is 10.1. The zero-order valence-electron chi connectivity index (χ0n) is 15.8. The van der Waals surface area contributed by atoms with E-state index in [1.165, 1.54) is 0 Å². The smallest absolute Gasteiger partial charge is 0.257 e. The molecule has 0 bridgehead atoms. The van der Waals surface area contributed by atoms with Crippen molar-refractivity contribution in [2.24, 2.45) is 0 Å². The van der Waals surface area contributed by atoms with Crippen LogP contribution in [0.2, 0.25) is 0 Å². The number of aromatic amines is 1. The van der Waals surface area contributed by atoms with Crippen LogP contribution in [0, 0.1) is 0 Å². The number of hydrogen-bond donors (Lipinski definition) is 2. The second kappa shape index (κ2) is 7.29. The van der Waals surface area contributed by atoms with Gasteiger partial charge in [-0.1, -0.05) is 30.3 Å². The summed E-state index contributed by atoms with van der Waals surface area (Å²) in [6.07, 6.45) is 0. The maximum atomic E-state index is 13.0. The molecule has 5 heteroatoms. The highest BCUT2D eigenvalue weighted by molar-refractivity contribution is 6.13. The van der Waals surface area contributed by atoms with E-state index in [2.05, 4.69) is 15.2 Å². The van der Waals surface area contributed by atoms with Crippen LogP contribution < -0.4 is 10.7 Å². The number of H-pyrrole nitrogens is 1. The van der Waals surface area contributed by atoms with E-state index in [-0.39, 0.29) is 11.3 Å². The quantitative estimate of drug-likeness (QED) is 0.533. The van der Waals surface area contributed by atoms with Gasteiger partial charge in [0.15, 0.2) is 5.43 Å². The molecule has 2 N–H and O–H groups in total. The fourth-order valence-corrected chi connectivity index (χ4v) is 3.45. The first kappa shape index (κ1) is 17.9. The van der Waals surface area contributed by atoms with Crippen molar-refractivity contribution in [3.05, 3.63) is 88.1 Å². The Bertz CT molecular complexity index is 1240. The highest BCUT2D eigenvalue weighted by Gasteiger charge is 2.14. The van der Waals surface area contributed by atoms with Crippen LogP contribution in [0.25, 0.3) is 21.8 Å². The summed E-state index contributed by atoms with van der Waals surface area (Å²) >= 11 is 0. The summed E-state index contributed by atoms with van der Waals surface area (Å²) in [7, 11) is 4.00. The van der Waals surface area contributed by atoms with Gasteiger partial charge in [-0.05, 0) is 56.1 Å². The van der Waals surface area contributed by atoms with Crippen LogP contribution in [-0.2, 0) is 6.54 Å². The van der Waals surface area contributed by atoms with Crippen molar-refractivity contribution in [1.82, 2.24) is 9.88 Å². The number of fused-ring (bicyclic) bond motifs is 2. The van der Waals surface area contributed by atoms with E-state index < -0.39 is 0 Å². The van der Waals surface area contributed by atoms with E-state index in [9.17, 15) is 9.59 Å². The normalized spacial score (nSPS) is 11.2. The van der Waals surface area contributed by atoms with E-state index in [1.54, 1.807) is 24.3 Å². The van der Waals surface area contributed by atoms with Crippen LogP contribution in [0.1, 0.15) is 15.9 Å². The summed E-state index contributed by atoms with van der Waals surface area (Å²) in [5.41, 5.74) is 3.47. The third kappa shape index (κ3) is 3.40. The number of aromatic nitrogens is 1. The van der Waals surface area contributed by atoms with Crippen LogP contribution in [0.3, 0.4) is 0 Å². The number of anilines is 1. The SMILES string of the molecule is CN(C)Cc1cccc(NC(=O)c2cccc3c(=O)c4ccccc4[nH]c23)c1. The van der Waals surface area contributed by atoms with Gasteiger partial charge in [-0.2, -0.15) is 0 Å². The van der Waals surface area contributed by atoms with Crippen LogP contribution in [0.4, 0.5) is 5.69 Å². The Labute approximate surface area is 162 Å². The third-order valence-corrected chi connectivity index (χ3v) is 4.67. The number of nitrogens with one attached hydrogen (secondary N) is 2. The fraction of sp³-hybridized carbons (Fsp3) is 0.130. The molecular weight excluding hydrogens is 350 g/mol. The van der Waals surface area contributed by atoms with Crippen LogP contribution in [0.5, 0.6) is 0 Å². The molecule has 140 valence electrons. The molecule has 3 aromatic carbocycles. The highest BCUT2D eigenvalue weighted by atomic mass is 16.1. The summed E-state index contributed by atoms with van der Waals surface area (Å²) in [4.78, 5) is 31.1. The van der Waals surface area contributed by atoms with Crippen LogP contribution in [0.15, 0.2) is 71.5 Å². The van der Waals surface area contributed by atoms with Gasteiger partial charge in [0.1, 0.15) is 0 Å². The maximum Gasteiger partial charge on any atom is 0.257 e. The van der Waals surface area contributed by atoms with Gasteiger partial charge in [0.25, 0.3) is 5.91 Å². The average molecular weight is 371 g/mol. The zero-order valence-corrected chi connectivity index (χ0v) is 15.8. The van der Waals surface area contributed by atoms with Gasteiger partial charge in [-0.25, -0.2) is 0 Å². The van der Waals surface area contributed by atoms with Gasteiger partial charge < -0.3 is 15.2 Å². The van der Waals surface area contributed by atoms with Crippen molar-refractivity contribution in [2.45, 2.75) is 6.54 Å². The lowest BCUT2D eigenvalue weighted by Crippen LogP contribution is -2.15. The number of rotatable bonds is 4. The van der Waals surface area contributed by atoms with Crippen LogP contribution >= 0.6 is 0 Å². The minimum Gasteiger partial charge on any atom is -0.354 e. The largest absolute Gasteiger partial charge is 0.354 e. The Hall–Kier alpha value is -3.44. The molecule has 0 fully saturated rings. The number of pyridine rings is 1. The summed E-state index contributed by atoms with van der Waals surface area (Å²) in [5.74, 6) is -0.251. The number of hydrogen-bond acceptors (Lipinski definition) is 3.